The van der Waals surface area contributed by atoms with Crippen molar-refractivity contribution in [2.75, 3.05) is 13.2 Å². The van der Waals surface area contributed by atoms with Gasteiger partial charge in [-0.1, -0.05) is 37.8 Å². The lowest BCUT2D eigenvalue weighted by atomic mass is 10.0. The first kappa shape index (κ1) is 23.9. The van der Waals surface area contributed by atoms with Crippen LogP contribution in [0, 0.1) is 6.92 Å². The Morgan fingerprint density at radius 3 is 2.55 bits per heavy atom. The van der Waals surface area contributed by atoms with Crippen molar-refractivity contribution in [1.29, 1.82) is 0 Å². The minimum Gasteiger partial charge on any atom is -0.493 e. The van der Waals surface area contributed by atoms with E-state index in [9.17, 15) is 4.79 Å². The molecular formula is C27H30N2O4. The zero-order valence-corrected chi connectivity index (χ0v) is 18.3. The van der Waals surface area contributed by atoms with Gasteiger partial charge in [-0.2, -0.15) is 0 Å². The van der Waals surface area contributed by atoms with E-state index in [1.54, 1.807) is 13.1 Å². The molecule has 4 rings (SSSR count). The predicted molar refractivity (Wildman–Crippen MR) is 129 cm³/mol. The summed E-state index contributed by atoms with van der Waals surface area (Å²) >= 11 is 0. The molecule has 2 heterocycles. The van der Waals surface area contributed by atoms with Gasteiger partial charge in [0.15, 0.2) is 0 Å². The molecule has 0 radical (unpaired) electrons. The minimum absolute atomic E-state index is 0. The van der Waals surface area contributed by atoms with Crippen LogP contribution in [0.4, 0.5) is 0 Å². The molecule has 0 atom stereocenters. The second kappa shape index (κ2) is 11.2. The van der Waals surface area contributed by atoms with E-state index in [0.717, 1.165) is 33.9 Å². The lowest BCUT2D eigenvalue weighted by Crippen LogP contribution is -2.06. The lowest BCUT2D eigenvalue weighted by Gasteiger charge is -2.07. The van der Waals surface area contributed by atoms with E-state index in [2.05, 4.69) is 9.97 Å². The van der Waals surface area contributed by atoms with Gasteiger partial charge in [0.25, 0.3) is 0 Å². The highest BCUT2D eigenvalue weighted by Crippen LogP contribution is 2.22. The highest BCUT2D eigenvalue weighted by Gasteiger charge is 2.14. The topological polar surface area (TPSA) is 77.4 Å². The van der Waals surface area contributed by atoms with E-state index < -0.39 is 0 Å². The Bertz CT molecular complexity index is 1160. The van der Waals surface area contributed by atoms with Crippen LogP contribution in [0.2, 0.25) is 0 Å². The number of oxazole rings is 1. The normalized spacial score (nSPS) is 10.5. The number of hydrogen-bond donors (Lipinski definition) is 1. The number of benzene rings is 2. The van der Waals surface area contributed by atoms with Gasteiger partial charge in [-0.05, 0) is 55.7 Å². The van der Waals surface area contributed by atoms with Crippen molar-refractivity contribution in [1.82, 2.24) is 9.97 Å². The molecule has 0 aliphatic carbocycles. The van der Waals surface area contributed by atoms with Crippen LogP contribution in [0.3, 0.4) is 0 Å². The fourth-order valence-corrected chi connectivity index (χ4v) is 3.49. The largest absolute Gasteiger partial charge is 0.493 e. The van der Waals surface area contributed by atoms with Gasteiger partial charge in [0.2, 0.25) is 5.89 Å². The highest BCUT2D eigenvalue weighted by molar-refractivity contribution is 5.91. The van der Waals surface area contributed by atoms with Gasteiger partial charge in [0.05, 0.1) is 24.5 Å². The number of aromatic nitrogens is 2. The molecule has 0 aliphatic rings. The van der Waals surface area contributed by atoms with Crippen LogP contribution in [0.1, 0.15) is 47.3 Å². The first-order valence-electron chi connectivity index (χ1n) is 10.7. The van der Waals surface area contributed by atoms with E-state index in [1.807, 2.05) is 67.7 Å². The molecule has 0 fully saturated rings. The average molecular weight is 447 g/mol. The van der Waals surface area contributed by atoms with Crippen molar-refractivity contribution in [2.45, 2.75) is 34.1 Å². The first-order valence-corrected chi connectivity index (χ1v) is 10.7. The molecule has 33 heavy (non-hydrogen) atoms. The SMILES string of the molecule is C.CCOC(=O)c1c[nH]cc1Cc1ccc(OCCc2nc(-c3ccccc3)oc2C)cc1. The smallest absolute Gasteiger partial charge is 0.339 e. The van der Waals surface area contributed by atoms with Gasteiger partial charge in [-0.3, -0.25) is 0 Å². The Morgan fingerprint density at radius 2 is 1.82 bits per heavy atom. The molecular weight excluding hydrogens is 416 g/mol. The van der Waals surface area contributed by atoms with E-state index in [1.165, 1.54) is 0 Å². The summed E-state index contributed by atoms with van der Waals surface area (Å²) in [6, 6.07) is 17.8. The molecule has 6 heteroatoms. The summed E-state index contributed by atoms with van der Waals surface area (Å²) in [4.78, 5) is 19.6. The van der Waals surface area contributed by atoms with E-state index in [-0.39, 0.29) is 13.4 Å². The van der Waals surface area contributed by atoms with Gasteiger partial charge in [-0.15, -0.1) is 0 Å². The van der Waals surface area contributed by atoms with Gasteiger partial charge < -0.3 is 18.9 Å². The van der Waals surface area contributed by atoms with E-state index in [0.29, 0.717) is 37.5 Å². The summed E-state index contributed by atoms with van der Waals surface area (Å²) < 4.78 is 16.8. The Balaban J connectivity index is 0.00000306. The summed E-state index contributed by atoms with van der Waals surface area (Å²) in [6.07, 6.45) is 4.81. The van der Waals surface area contributed by atoms with Gasteiger partial charge in [-0.25, -0.2) is 9.78 Å². The van der Waals surface area contributed by atoms with Crippen LogP contribution >= 0.6 is 0 Å². The van der Waals surface area contributed by atoms with Crippen LogP contribution in [0.25, 0.3) is 11.5 Å². The summed E-state index contributed by atoms with van der Waals surface area (Å²) in [6.45, 7) is 4.59. The Morgan fingerprint density at radius 1 is 1.06 bits per heavy atom. The maximum Gasteiger partial charge on any atom is 0.339 e. The summed E-state index contributed by atoms with van der Waals surface area (Å²) in [5, 5.41) is 0. The first-order chi connectivity index (χ1) is 15.6. The van der Waals surface area contributed by atoms with Crippen molar-refractivity contribution in [2.24, 2.45) is 0 Å². The van der Waals surface area contributed by atoms with Crippen molar-refractivity contribution < 1.29 is 18.7 Å². The molecule has 0 saturated heterocycles. The number of rotatable bonds is 9. The second-order valence-corrected chi connectivity index (χ2v) is 7.42. The average Bonchev–Trinajstić information content (AvgIpc) is 3.42. The number of carbonyl (C=O) groups excluding carboxylic acids is 1. The lowest BCUT2D eigenvalue weighted by molar-refractivity contribution is 0.0525. The third-order valence-electron chi connectivity index (χ3n) is 5.17. The zero-order chi connectivity index (χ0) is 22.3. The number of carbonyl (C=O) groups is 1. The Hall–Kier alpha value is -3.80. The molecule has 6 nitrogen and oxygen atoms in total. The number of aromatic amines is 1. The predicted octanol–water partition coefficient (Wildman–Crippen LogP) is 6.00. The number of ether oxygens (including phenoxy) is 2. The molecule has 0 saturated carbocycles. The molecule has 0 unspecified atom stereocenters. The molecule has 1 N–H and O–H groups in total. The Kier molecular flexibility index (Phi) is 8.08. The molecule has 2 aromatic heterocycles. The number of nitrogens with one attached hydrogen (secondary N) is 1. The van der Waals surface area contributed by atoms with Crippen molar-refractivity contribution in [3.05, 3.63) is 95.1 Å². The minimum atomic E-state index is -0.303. The maximum atomic E-state index is 12.0. The number of nitrogens with zero attached hydrogens (tertiary/aromatic N) is 1. The fraction of sp³-hybridized carbons (Fsp3) is 0.259. The van der Waals surface area contributed by atoms with Crippen LogP contribution in [-0.4, -0.2) is 29.2 Å². The third kappa shape index (κ3) is 5.92. The standard InChI is InChI=1S/C26H26N2O4.CH4/c1-3-30-26(29)23-17-27-16-21(23)15-19-9-11-22(12-10-19)31-14-13-24-18(2)32-25(28-24)20-7-5-4-6-8-20;/h4-12,16-17,27H,3,13-15H2,1-2H3;1H4. The molecule has 4 aromatic rings. The van der Waals surface area contributed by atoms with Crippen molar-refractivity contribution >= 4 is 5.97 Å². The molecule has 0 aliphatic heterocycles. The maximum absolute atomic E-state index is 12.0. The molecule has 0 amide bonds. The molecule has 0 spiro atoms. The van der Waals surface area contributed by atoms with Crippen LogP contribution in [0.15, 0.2) is 71.4 Å². The summed E-state index contributed by atoms with van der Waals surface area (Å²) in [5.74, 6) is 1.93. The van der Waals surface area contributed by atoms with Crippen molar-refractivity contribution in [3.63, 3.8) is 0 Å². The molecule has 2 aromatic carbocycles. The summed E-state index contributed by atoms with van der Waals surface area (Å²) in [5.41, 5.74) is 4.44. The van der Waals surface area contributed by atoms with Gasteiger partial charge >= 0.3 is 5.97 Å². The molecule has 0 bridgehead atoms. The number of hydrogen-bond acceptors (Lipinski definition) is 5. The van der Waals surface area contributed by atoms with Crippen molar-refractivity contribution in [3.8, 4) is 17.2 Å². The number of aryl methyl sites for hydroxylation is 1. The van der Waals surface area contributed by atoms with E-state index >= 15 is 0 Å². The number of esters is 1. The summed E-state index contributed by atoms with van der Waals surface area (Å²) in [7, 11) is 0. The molecule has 172 valence electrons. The Labute approximate surface area is 194 Å². The fourth-order valence-electron chi connectivity index (χ4n) is 3.49. The van der Waals surface area contributed by atoms with Crippen LogP contribution in [-0.2, 0) is 17.6 Å². The second-order valence-electron chi connectivity index (χ2n) is 7.42. The van der Waals surface area contributed by atoms with E-state index in [4.69, 9.17) is 13.9 Å². The van der Waals surface area contributed by atoms with Gasteiger partial charge in [0, 0.05) is 24.4 Å². The monoisotopic (exact) mass is 446 g/mol. The van der Waals surface area contributed by atoms with Gasteiger partial charge in [0.1, 0.15) is 11.5 Å². The quantitative estimate of drug-likeness (QED) is 0.319. The zero-order valence-electron chi connectivity index (χ0n) is 18.3. The van der Waals surface area contributed by atoms with Crippen LogP contribution < -0.4 is 4.74 Å². The number of H-pyrrole nitrogens is 1. The highest BCUT2D eigenvalue weighted by atomic mass is 16.5. The van der Waals surface area contributed by atoms with Crippen LogP contribution in [0.5, 0.6) is 5.75 Å². The third-order valence-corrected chi connectivity index (χ3v) is 5.17.